The predicted octanol–water partition coefficient (Wildman–Crippen LogP) is 3.18. The van der Waals surface area contributed by atoms with Gasteiger partial charge in [0.05, 0.1) is 11.5 Å². The van der Waals surface area contributed by atoms with E-state index in [-0.39, 0.29) is 11.0 Å². The molecule has 0 radical (unpaired) electrons. The topological polar surface area (TPSA) is 52.6 Å². The second-order valence-electron chi connectivity index (χ2n) is 4.43. The lowest BCUT2D eigenvalue weighted by Gasteiger charge is -2.16. The predicted molar refractivity (Wildman–Crippen MR) is 79.0 cm³/mol. The van der Waals surface area contributed by atoms with Gasteiger partial charge in [-0.2, -0.15) is 0 Å². The first-order chi connectivity index (χ1) is 9.43. The minimum absolute atomic E-state index is 0.0847. The van der Waals surface area contributed by atoms with Crippen LogP contribution in [0.2, 0.25) is 0 Å². The molecule has 0 N–H and O–H groups in total. The first kappa shape index (κ1) is 15.1. The van der Waals surface area contributed by atoms with Gasteiger partial charge in [-0.1, -0.05) is 24.3 Å². The largest absolute Gasteiger partial charge is 0.488 e. The summed E-state index contributed by atoms with van der Waals surface area (Å²) in [4.78, 5) is 0.0847. The third-order valence-corrected chi connectivity index (χ3v) is 4.22. The molecule has 1 atom stereocenters. The van der Waals surface area contributed by atoms with Gasteiger partial charge in [0.2, 0.25) is 0 Å². The fourth-order valence-corrected chi connectivity index (χ4v) is 3.12. The van der Waals surface area contributed by atoms with E-state index in [1.807, 2.05) is 13.0 Å². The highest BCUT2D eigenvalue weighted by atomic mass is 35.7. The van der Waals surface area contributed by atoms with Gasteiger partial charge >= 0.3 is 0 Å². The van der Waals surface area contributed by atoms with Gasteiger partial charge in [-0.3, -0.25) is 0 Å². The van der Waals surface area contributed by atoms with Gasteiger partial charge in [0.15, 0.2) is 0 Å². The van der Waals surface area contributed by atoms with Crippen LogP contribution in [0.5, 0.6) is 5.75 Å². The number of ether oxygens (including phenoxy) is 2. The Labute approximate surface area is 122 Å². The Morgan fingerprint density at radius 2 is 1.80 bits per heavy atom. The molecule has 0 aliphatic heterocycles. The molecule has 0 saturated heterocycles. The van der Waals surface area contributed by atoms with Gasteiger partial charge in [0.25, 0.3) is 9.05 Å². The van der Waals surface area contributed by atoms with E-state index in [2.05, 4.69) is 0 Å². The lowest BCUT2D eigenvalue weighted by atomic mass is 10.1. The molecular weight excluding hydrogens is 300 g/mol. The molecule has 0 fully saturated rings. The molecule has 0 aromatic heterocycles. The maximum Gasteiger partial charge on any atom is 0.261 e. The zero-order valence-corrected chi connectivity index (χ0v) is 12.7. The van der Waals surface area contributed by atoms with Crippen LogP contribution in [0.15, 0.2) is 41.3 Å². The summed E-state index contributed by atoms with van der Waals surface area (Å²) in [6.45, 7) is 2.33. The number of benzene rings is 2. The molecule has 108 valence electrons. The van der Waals surface area contributed by atoms with Gasteiger partial charge in [0.1, 0.15) is 11.9 Å². The molecule has 0 aliphatic carbocycles. The van der Waals surface area contributed by atoms with Crippen molar-refractivity contribution in [2.24, 2.45) is 0 Å². The van der Waals surface area contributed by atoms with E-state index in [9.17, 15) is 8.42 Å². The highest BCUT2D eigenvalue weighted by Gasteiger charge is 2.17. The molecule has 1 unspecified atom stereocenters. The Morgan fingerprint density at radius 1 is 1.15 bits per heavy atom. The van der Waals surface area contributed by atoms with Crippen LogP contribution in [0.3, 0.4) is 0 Å². The number of rotatable bonds is 5. The lowest BCUT2D eigenvalue weighted by molar-refractivity contribution is 0.0931. The monoisotopic (exact) mass is 314 g/mol. The van der Waals surface area contributed by atoms with Crippen LogP contribution < -0.4 is 4.74 Å². The third kappa shape index (κ3) is 3.23. The Bertz CT molecular complexity index is 712. The summed E-state index contributed by atoms with van der Waals surface area (Å²) in [7, 11) is 3.26. The fraction of sp³-hybridized carbons (Fsp3) is 0.286. The molecule has 2 aromatic rings. The molecule has 2 rings (SSSR count). The van der Waals surface area contributed by atoms with E-state index in [0.29, 0.717) is 23.1 Å². The van der Waals surface area contributed by atoms with Crippen molar-refractivity contribution in [1.29, 1.82) is 0 Å². The zero-order chi connectivity index (χ0) is 14.8. The molecule has 0 aliphatic rings. The van der Waals surface area contributed by atoms with Crippen LogP contribution in [-0.2, 0) is 13.8 Å². The van der Waals surface area contributed by atoms with E-state index in [0.717, 1.165) is 0 Å². The van der Waals surface area contributed by atoms with Crippen molar-refractivity contribution in [3.63, 3.8) is 0 Å². The van der Waals surface area contributed by atoms with Gasteiger partial charge in [-0.15, -0.1) is 0 Å². The van der Waals surface area contributed by atoms with E-state index < -0.39 is 9.05 Å². The summed E-state index contributed by atoms with van der Waals surface area (Å²) < 4.78 is 34.0. The molecule has 0 amide bonds. The van der Waals surface area contributed by atoms with Crippen LogP contribution in [0.4, 0.5) is 0 Å². The molecule has 20 heavy (non-hydrogen) atoms. The van der Waals surface area contributed by atoms with Crippen molar-refractivity contribution >= 4 is 30.5 Å². The number of halogens is 1. The molecule has 0 bridgehead atoms. The Morgan fingerprint density at radius 3 is 2.40 bits per heavy atom. The molecule has 6 heteroatoms. The number of hydrogen-bond acceptors (Lipinski definition) is 4. The molecule has 0 heterocycles. The normalized spacial score (nSPS) is 13.3. The standard InChI is InChI=1S/C14H15ClO4S/c1-10(9-18-2)19-13-7-8-14(20(15,16)17)12-6-4-3-5-11(12)13/h3-8,10H,9H2,1-2H3. The third-order valence-electron chi connectivity index (χ3n) is 2.84. The fourth-order valence-electron chi connectivity index (χ4n) is 2.04. The van der Waals surface area contributed by atoms with Crippen LogP contribution in [-0.4, -0.2) is 28.2 Å². The first-order valence-corrected chi connectivity index (χ1v) is 8.36. The van der Waals surface area contributed by atoms with E-state index in [4.69, 9.17) is 20.2 Å². The number of fused-ring (bicyclic) bond motifs is 1. The maximum absolute atomic E-state index is 11.6. The summed E-state index contributed by atoms with van der Waals surface area (Å²) in [5, 5.41) is 1.25. The second kappa shape index (κ2) is 5.99. The van der Waals surface area contributed by atoms with E-state index in [1.54, 1.807) is 31.4 Å². The summed E-state index contributed by atoms with van der Waals surface area (Å²) in [5.74, 6) is 0.606. The van der Waals surface area contributed by atoms with Gasteiger partial charge in [-0.25, -0.2) is 8.42 Å². The molecule has 0 saturated carbocycles. The molecular formula is C14H15ClO4S. The van der Waals surface area contributed by atoms with Crippen molar-refractivity contribution in [1.82, 2.24) is 0 Å². The molecule has 0 spiro atoms. The average molecular weight is 315 g/mol. The maximum atomic E-state index is 11.6. The van der Waals surface area contributed by atoms with Crippen molar-refractivity contribution in [3.8, 4) is 5.75 Å². The van der Waals surface area contributed by atoms with Crippen LogP contribution in [0.25, 0.3) is 10.8 Å². The van der Waals surface area contributed by atoms with Gasteiger partial charge in [0, 0.05) is 28.6 Å². The van der Waals surface area contributed by atoms with Crippen LogP contribution in [0, 0.1) is 0 Å². The van der Waals surface area contributed by atoms with Crippen molar-refractivity contribution in [2.45, 2.75) is 17.9 Å². The smallest absolute Gasteiger partial charge is 0.261 e. The van der Waals surface area contributed by atoms with Crippen LogP contribution in [0.1, 0.15) is 6.92 Å². The zero-order valence-electron chi connectivity index (χ0n) is 11.2. The van der Waals surface area contributed by atoms with Gasteiger partial charge in [-0.05, 0) is 19.1 Å². The van der Waals surface area contributed by atoms with E-state index in [1.165, 1.54) is 6.07 Å². The van der Waals surface area contributed by atoms with Crippen molar-refractivity contribution in [3.05, 3.63) is 36.4 Å². The quantitative estimate of drug-likeness (QED) is 0.795. The Balaban J connectivity index is 2.55. The first-order valence-electron chi connectivity index (χ1n) is 6.05. The lowest BCUT2D eigenvalue weighted by Crippen LogP contribution is -2.18. The minimum Gasteiger partial charge on any atom is -0.488 e. The summed E-state index contributed by atoms with van der Waals surface area (Å²) >= 11 is 0. The summed E-state index contributed by atoms with van der Waals surface area (Å²) in [5.41, 5.74) is 0. The SMILES string of the molecule is COCC(C)Oc1ccc(S(=O)(=O)Cl)c2ccccc12. The van der Waals surface area contributed by atoms with E-state index >= 15 is 0 Å². The minimum atomic E-state index is -3.79. The summed E-state index contributed by atoms with van der Waals surface area (Å²) in [6.07, 6.45) is -0.137. The second-order valence-corrected chi connectivity index (χ2v) is 6.96. The Kier molecular flexibility index (Phi) is 4.52. The highest BCUT2D eigenvalue weighted by molar-refractivity contribution is 8.14. The van der Waals surface area contributed by atoms with Crippen LogP contribution >= 0.6 is 10.7 Å². The molecule has 2 aromatic carbocycles. The number of hydrogen-bond donors (Lipinski definition) is 0. The average Bonchev–Trinajstić information content (AvgIpc) is 2.38. The van der Waals surface area contributed by atoms with Gasteiger partial charge < -0.3 is 9.47 Å². The van der Waals surface area contributed by atoms with Crippen molar-refractivity contribution < 1.29 is 17.9 Å². The summed E-state index contributed by atoms with van der Waals surface area (Å²) in [6, 6.07) is 10.2. The number of methoxy groups -OCH3 is 1. The highest BCUT2D eigenvalue weighted by Crippen LogP contribution is 2.33. The molecule has 4 nitrogen and oxygen atoms in total. The van der Waals surface area contributed by atoms with Crippen molar-refractivity contribution in [2.75, 3.05) is 13.7 Å². The Hall–Kier alpha value is -1.30.